The summed E-state index contributed by atoms with van der Waals surface area (Å²) in [5.41, 5.74) is 1.51. The molecule has 1 unspecified atom stereocenters. The summed E-state index contributed by atoms with van der Waals surface area (Å²) in [4.78, 5) is 18.0. The van der Waals surface area contributed by atoms with E-state index in [0.717, 1.165) is 22.9 Å². The lowest BCUT2D eigenvalue weighted by molar-refractivity contribution is -0.153. The summed E-state index contributed by atoms with van der Waals surface area (Å²) in [6.45, 7) is -1.44. The fourth-order valence-electron chi connectivity index (χ4n) is 4.60. The number of imidazole rings is 1. The number of aryl methyl sites for hydroxylation is 2. The molecule has 0 saturated heterocycles. The first kappa shape index (κ1) is 28.1. The Kier molecular flexibility index (Phi) is 7.21. The molecule has 4 aromatic rings. The molecule has 0 aliphatic carbocycles. The fourth-order valence-corrected chi connectivity index (χ4v) is 4.60. The van der Waals surface area contributed by atoms with Gasteiger partial charge in [-0.1, -0.05) is 11.3 Å². The monoisotopic (exact) mass is 582 g/mol. The van der Waals surface area contributed by atoms with Gasteiger partial charge >= 0.3 is 12.4 Å². The van der Waals surface area contributed by atoms with E-state index in [0.29, 0.717) is 10.6 Å². The van der Waals surface area contributed by atoms with E-state index in [-0.39, 0.29) is 46.8 Å². The number of benzene rings is 2. The van der Waals surface area contributed by atoms with Crippen LogP contribution < -0.4 is 9.64 Å². The quantitative estimate of drug-likeness (QED) is 0.277. The van der Waals surface area contributed by atoms with Gasteiger partial charge in [0.15, 0.2) is 6.61 Å². The molecule has 0 saturated carbocycles. The number of aromatic nitrogens is 5. The molecule has 3 heterocycles. The van der Waals surface area contributed by atoms with Crippen molar-refractivity contribution >= 4 is 11.6 Å². The van der Waals surface area contributed by atoms with Crippen LogP contribution in [0.2, 0.25) is 0 Å². The Bertz CT molecular complexity index is 1580. The predicted octanol–water partition coefficient (Wildman–Crippen LogP) is 5.60. The molecule has 5 rings (SSSR count). The van der Waals surface area contributed by atoms with Crippen LogP contribution in [0.15, 0.2) is 55.1 Å². The summed E-state index contributed by atoms with van der Waals surface area (Å²) in [6, 6.07) is 6.35. The second-order valence-corrected chi connectivity index (χ2v) is 9.46. The summed E-state index contributed by atoms with van der Waals surface area (Å²) >= 11 is 0. The summed E-state index contributed by atoms with van der Waals surface area (Å²) in [6.07, 6.45) is -4.92. The largest absolute Gasteiger partial charge is 0.482 e. The molecule has 15 heteroatoms. The van der Waals surface area contributed by atoms with Gasteiger partial charge in [-0.05, 0) is 55.7 Å². The van der Waals surface area contributed by atoms with Crippen LogP contribution in [-0.4, -0.2) is 56.0 Å². The van der Waals surface area contributed by atoms with E-state index in [9.17, 15) is 35.5 Å². The Morgan fingerprint density at radius 1 is 1.00 bits per heavy atom. The molecule has 1 amide bonds. The Morgan fingerprint density at radius 3 is 2.44 bits per heavy atom. The average Bonchev–Trinajstić information content (AvgIpc) is 3.52. The summed E-state index contributed by atoms with van der Waals surface area (Å²) < 4.78 is 101. The summed E-state index contributed by atoms with van der Waals surface area (Å²) in [5.74, 6) is -1.70. The van der Waals surface area contributed by atoms with Crippen molar-refractivity contribution in [2.45, 2.75) is 38.2 Å². The maximum absolute atomic E-state index is 13.9. The zero-order valence-corrected chi connectivity index (χ0v) is 21.2. The fraction of sp³-hybridized carbons (Fsp3) is 0.308. The number of halogens is 7. The molecular weight excluding hydrogens is 561 g/mol. The molecule has 0 bridgehead atoms. The van der Waals surface area contributed by atoms with Crippen LogP contribution in [0, 0.1) is 12.7 Å². The number of rotatable bonds is 6. The predicted molar refractivity (Wildman–Crippen MR) is 131 cm³/mol. The van der Waals surface area contributed by atoms with Crippen molar-refractivity contribution in [3.8, 4) is 22.7 Å². The van der Waals surface area contributed by atoms with Gasteiger partial charge in [-0.3, -0.25) is 4.79 Å². The van der Waals surface area contributed by atoms with Crippen molar-refractivity contribution in [3.63, 3.8) is 0 Å². The van der Waals surface area contributed by atoms with Gasteiger partial charge in [-0.2, -0.15) is 26.3 Å². The first-order valence-corrected chi connectivity index (χ1v) is 12.2. The van der Waals surface area contributed by atoms with E-state index in [2.05, 4.69) is 15.3 Å². The molecule has 1 aliphatic heterocycles. The highest BCUT2D eigenvalue weighted by molar-refractivity contribution is 5.97. The van der Waals surface area contributed by atoms with E-state index in [1.165, 1.54) is 29.2 Å². The lowest BCUT2D eigenvalue weighted by Gasteiger charge is -2.26. The number of hydrogen-bond acceptors (Lipinski definition) is 5. The van der Waals surface area contributed by atoms with E-state index in [1.807, 2.05) is 0 Å². The van der Waals surface area contributed by atoms with Crippen molar-refractivity contribution in [1.82, 2.24) is 24.5 Å². The van der Waals surface area contributed by atoms with Crippen molar-refractivity contribution < 1.29 is 40.3 Å². The van der Waals surface area contributed by atoms with Crippen LogP contribution >= 0.6 is 0 Å². The van der Waals surface area contributed by atoms with Crippen LogP contribution in [0.25, 0.3) is 16.9 Å². The maximum atomic E-state index is 13.9. The minimum atomic E-state index is -4.73. The number of fused-ring (bicyclic) bond motifs is 1. The van der Waals surface area contributed by atoms with Crippen molar-refractivity contribution in [2.75, 3.05) is 18.1 Å². The standard InChI is InChI=1S/C26H21F7N6O2/c1-15-10-37(14-34-15)21-5-2-16(9-23(21)41-13-26(31,32)33)19-11-39(36-35-19)22-6-3-17-8-18(27)4-7-20(17)38(24(22)40)12-25(28,29)30/h2,4-5,7-11,14,22H,3,6,12-13H2,1H3. The summed E-state index contributed by atoms with van der Waals surface area (Å²) in [5, 5.41) is 7.96. The molecule has 0 N–H and O–H groups in total. The highest BCUT2D eigenvalue weighted by Gasteiger charge is 2.39. The molecule has 0 fully saturated rings. The molecule has 1 aliphatic rings. The molecule has 0 radical (unpaired) electrons. The Balaban J connectivity index is 1.48. The highest BCUT2D eigenvalue weighted by Crippen LogP contribution is 2.35. The zero-order valence-electron chi connectivity index (χ0n) is 21.2. The van der Waals surface area contributed by atoms with Gasteiger partial charge in [0.1, 0.15) is 29.8 Å². The summed E-state index contributed by atoms with van der Waals surface area (Å²) in [7, 11) is 0. The SMILES string of the molecule is Cc1cn(-c2ccc(-c3cn(C4CCc5cc(F)ccc5N(CC(F)(F)F)C4=O)nn3)cc2OCC(F)(F)F)cn1. The molecule has 41 heavy (non-hydrogen) atoms. The third kappa shape index (κ3) is 6.33. The molecule has 2 aromatic carbocycles. The number of alkyl halides is 6. The van der Waals surface area contributed by atoms with Gasteiger partial charge < -0.3 is 14.2 Å². The van der Waals surface area contributed by atoms with Crippen LogP contribution in [0.3, 0.4) is 0 Å². The number of carbonyl (C=O) groups is 1. The van der Waals surface area contributed by atoms with Crippen LogP contribution in [-0.2, 0) is 11.2 Å². The van der Waals surface area contributed by atoms with Gasteiger partial charge in [-0.25, -0.2) is 14.1 Å². The number of amides is 1. The normalized spacial score (nSPS) is 16.0. The van der Waals surface area contributed by atoms with E-state index in [1.54, 1.807) is 19.2 Å². The van der Waals surface area contributed by atoms with Crippen molar-refractivity contribution in [3.05, 3.63) is 72.2 Å². The topological polar surface area (TPSA) is 78.1 Å². The molecule has 1 atom stereocenters. The van der Waals surface area contributed by atoms with Crippen molar-refractivity contribution in [2.24, 2.45) is 0 Å². The number of carbonyl (C=O) groups excluding carboxylic acids is 1. The van der Waals surface area contributed by atoms with Gasteiger partial charge in [0, 0.05) is 17.4 Å². The van der Waals surface area contributed by atoms with Gasteiger partial charge in [0.2, 0.25) is 0 Å². The van der Waals surface area contributed by atoms with Gasteiger partial charge in [0.25, 0.3) is 5.91 Å². The molecular formula is C26H21F7N6O2. The van der Waals surface area contributed by atoms with Crippen LogP contribution in [0.4, 0.5) is 36.4 Å². The number of ether oxygens (including phenoxy) is 1. The minimum absolute atomic E-state index is 0.00526. The minimum Gasteiger partial charge on any atom is -0.482 e. The Morgan fingerprint density at radius 2 is 1.76 bits per heavy atom. The first-order chi connectivity index (χ1) is 19.3. The number of hydrogen-bond donors (Lipinski definition) is 0. The third-order valence-electron chi connectivity index (χ3n) is 6.37. The third-order valence-corrected chi connectivity index (χ3v) is 6.37. The van der Waals surface area contributed by atoms with E-state index >= 15 is 0 Å². The zero-order chi connectivity index (χ0) is 29.5. The molecule has 8 nitrogen and oxygen atoms in total. The Hall–Kier alpha value is -4.43. The smallest absolute Gasteiger partial charge is 0.422 e. The maximum Gasteiger partial charge on any atom is 0.422 e. The van der Waals surface area contributed by atoms with E-state index < -0.39 is 43.3 Å². The van der Waals surface area contributed by atoms with E-state index in [4.69, 9.17) is 4.74 Å². The van der Waals surface area contributed by atoms with Gasteiger partial charge in [-0.15, -0.1) is 5.10 Å². The van der Waals surface area contributed by atoms with Crippen LogP contribution in [0.5, 0.6) is 5.75 Å². The molecule has 2 aromatic heterocycles. The second kappa shape index (κ2) is 10.5. The molecule has 216 valence electrons. The van der Waals surface area contributed by atoms with Crippen LogP contribution in [0.1, 0.15) is 23.7 Å². The Labute approximate surface area is 228 Å². The second-order valence-electron chi connectivity index (χ2n) is 9.46. The van der Waals surface area contributed by atoms with Gasteiger partial charge in [0.05, 0.1) is 23.9 Å². The number of nitrogens with zero attached hydrogens (tertiary/aromatic N) is 6. The lowest BCUT2D eigenvalue weighted by atomic mass is 10.1. The molecule has 0 spiro atoms. The highest BCUT2D eigenvalue weighted by atomic mass is 19.4. The lowest BCUT2D eigenvalue weighted by Crippen LogP contribution is -2.42. The average molecular weight is 582 g/mol. The first-order valence-electron chi connectivity index (χ1n) is 12.2. The number of anilines is 1. The van der Waals surface area contributed by atoms with Crippen molar-refractivity contribution in [1.29, 1.82) is 0 Å².